The molecule has 0 spiro atoms. The van der Waals surface area contributed by atoms with Gasteiger partial charge in [-0.25, -0.2) is 0 Å². The molecule has 0 saturated heterocycles. The molecule has 6 nitrogen and oxygen atoms in total. The van der Waals surface area contributed by atoms with Crippen molar-refractivity contribution in [2.75, 3.05) is 11.4 Å². The van der Waals surface area contributed by atoms with E-state index in [0.717, 1.165) is 42.1 Å². The van der Waals surface area contributed by atoms with Crippen molar-refractivity contribution >= 4 is 57.4 Å². The van der Waals surface area contributed by atoms with Gasteiger partial charge in [0.25, 0.3) is 5.91 Å². The van der Waals surface area contributed by atoms with Crippen molar-refractivity contribution in [2.45, 2.75) is 70.5 Å². The van der Waals surface area contributed by atoms with Crippen LogP contribution in [0.1, 0.15) is 67.8 Å². The fourth-order valence-electron chi connectivity index (χ4n) is 5.87. The van der Waals surface area contributed by atoms with Gasteiger partial charge < -0.3 is 15.1 Å². The average molecular weight is 567 g/mol. The van der Waals surface area contributed by atoms with E-state index in [9.17, 15) is 14.4 Å². The lowest BCUT2D eigenvalue weighted by molar-refractivity contribution is -0.141. The third-order valence-electron chi connectivity index (χ3n) is 7.90. The van der Waals surface area contributed by atoms with Crippen LogP contribution in [0.2, 0.25) is 10.0 Å². The Hall–Kier alpha value is -3.09. The van der Waals surface area contributed by atoms with Gasteiger partial charge in [-0.05, 0) is 55.3 Å². The molecule has 0 radical (unpaired) electrons. The molecule has 1 N–H and O–H groups in total. The molecule has 1 atom stereocenters. The fourth-order valence-corrected chi connectivity index (χ4v) is 6.39. The second-order valence-electron chi connectivity index (χ2n) is 10.4. The van der Waals surface area contributed by atoms with Crippen molar-refractivity contribution in [1.82, 2.24) is 10.2 Å². The number of nitrogens with one attached hydrogen (secondary N) is 1. The SMILES string of the molecule is CCC(C(=O)NC1CCCC1)N(Cc1c(Cl)cccc1Cl)C(=O)CCCN1C(=O)c2cccc3cccc1c23. The van der Waals surface area contributed by atoms with E-state index < -0.39 is 6.04 Å². The molecule has 0 bridgehead atoms. The van der Waals surface area contributed by atoms with Crippen LogP contribution in [-0.4, -0.2) is 41.2 Å². The first kappa shape index (κ1) is 27.5. The molecule has 1 fully saturated rings. The first-order valence-corrected chi connectivity index (χ1v) is 14.5. The summed E-state index contributed by atoms with van der Waals surface area (Å²) in [4.78, 5) is 43.6. The predicted octanol–water partition coefficient (Wildman–Crippen LogP) is 6.75. The molecular weight excluding hydrogens is 533 g/mol. The monoisotopic (exact) mass is 565 g/mol. The fraction of sp³-hybridized carbons (Fsp3) is 0.387. The molecule has 1 aliphatic carbocycles. The molecule has 2 aliphatic rings. The molecular formula is C31H33Cl2N3O3. The lowest BCUT2D eigenvalue weighted by Crippen LogP contribution is -2.51. The van der Waals surface area contributed by atoms with E-state index in [4.69, 9.17) is 23.2 Å². The third kappa shape index (κ3) is 5.64. The minimum Gasteiger partial charge on any atom is -0.352 e. The van der Waals surface area contributed by atoms with Gasteiger partial charge in [0, 0.05) is 52.1 Å². The Morgan fingerprint density at radius 2 is 1.69 bits per heavy atom. The van der Waals surface area contributed by atoms with Gasteiger partial charge in [0.15, 0.2) is 0 Å². The first-order chi connectivity index (χ1) is 18.9. The van der Waals surface area contributed by atoms with E-state index in [2.05, 4.69) is 5.32 Å². The van der Waals surface area contributed by atoms with Crippen molar-refractivity contribution in [3.8, 4) is 0 Å². The highest BCUT2D eigenvalue weighted by Gasteiger charge is 2.33. The smallest absolute Gasteiger partial charge is 0.258 e. The van der Waals surface area contributed by atoms with Gasteiger partial charge in [0.1, 0.15) is 6.04 Å². The average Bonchev–Trinajstić information content (AvgIpc) is 3.53. The topological polar surface area (TPSA) is 69.7 Å². The number of halogens is 2. The van der Waals surface area contributed by atoms with Crippen LogP contribution in [0, 0.1) is 0 Å². The largest absolute Gasteiger partial charge is 0.352 e. The number of amides is 3. The molecule has 39 heavy (non-hydrogen) atoms. The molecule has 3 amide bonds. The van der Waals surface area contributed by atoms with E-state index >= 15 is 0 Å². The molecule has 1 unspecified atom stereocenters. The second kappa shape index (κ2) is 12.0. The quantitative estimate of drug-likeness (QED) is 0.295. The van der Waals surface area contributed by atoms with Gasteiger partial charge in [-0.3, -0.25) is 14.4 Å². The zero-order valence-electron chi connectivity index (χ0n) is 22.1. The number of hydrogen-bond acceptors (Lipinski definition) is 3. The third-order valence-corrected chi connectivity index (χ3v) is 8.61. The highest BCUT2D eigenvalue weighted by Crippen LogP contribution is 2.37. The Morgan fingerprint density at radius 1 is 1.03 bits per heavy atom. The number of rotatable bonds is 10. The Bertz CT molecular complexity index is 1380. The summed E-state index contributed by atoms with van der Waals surface area (Å²) in [6.07, 6.45) is 5.25. The van der Waals surface area contributed by atoms with Crippen LogP contribution in [0.3, 0.4) is 0 Å². The Balaban J connectivity index is 1.32. The Labute approximate surface area is 239 Å². The molecule has 1 saturated carbocycles. The zero-order valence-corrected chi connectivity index (χ0v) is 23.6. The standard InChI is InChI=1S/C31H33Cl2N3O3/c1-2-26(30(38)34-21-11-3-4-12-21)36(19-23-24(32)14-7-15-25(23)33)28(37)17-8-18-35-27-16-6-10-20-9-5-13-22(29(20)27)31(35)39/h5-7,9-10,13-16,21,26H,2-4,8,11-12,17-19H2,1H3,(H,34,38). The van der Waals surface area contributed by atoms with Gasteiger partial charge in [-0.15, -0.1) is 0 Å². The van der Waals surface area contributed by atoms with Gasteiger partial charge in [-0.1, -0.05) is 73.3 Å². The first-order valence-electron chi connectivity index (χ1n) is 13.8. The maximum atomic E-state index is 13.7. The van der Waals surface area contributed by atoms with Crippen molar-refractivity contribution in [3.05, 3.63) is 75.8 Å². The summed E-state index contributed by atoms with van der Waals surface area (Å²) in [7, 11) is 0. The molecule has 3 aromatic rings. The maximum Gasteiger partial charge on any atom is 0.258 e. The number of carbonyl (C=O) groups excluding carboxylic acids is 3. The van der Waals surface area contributed by atoms with Crippen molar-refractivity contribution < 1.29 is 14.4 Å². The molecule has 5 rings (SSSR count). The Kier molecular flexibility index (Phi) is 8.43. The number of hydrogen-bond donors (Lipinski definition) is 1. The van der Waals surface area contributed by atoms with E-state index in [0.29, 0.717) is 40.6 Å². The summed E-state index contributed by atoms with van der Waals surface area (Å²) in [5, 5.41) is 6.06. The molecule has 3 aromatic carbocycles. The highest BCUT2D eigenvalue weighted by molar-refractivity contribution is 6.36. The van der Waals surface area contributed by atoms with E-state index in [-0.39, 0.29) is 36.7 Å². The van der Waals surface area contributed by atoms with Crippen LogP contribution < -0.4 is 10.2 Å². The summed E-state index contributed by atoms with van der Waals surface area (Å²) >= 11 is 12.9. The summed E-state index contributed by atoms with van der Waals surface area (Å²) < 4.78 is 0. The summed E-state index contributed by atoms with van der Waals surface area (Å²) in [6, 6.07) is 16.4. The van der Waals surface area contributed by atoms with Crippen LogP contribution in [0.15, 0.2) is 54.6 Å². The van der Waals surface area contributed by atoms with Crippen LogP contribution in [0.25, 0.3) is 10.8 Å². The van der Waals surface area contributed by atoms with Crippen LogP contribution >= 0.6 is 23.2 Å². The normalized spacial score (nSPS) is 15.7. The van der Waals surface area contributed by atoms with E-state index in [1.54, 1.807) is 28.0 Å². The number of nitrogens with zero attached hydrogens (tertiary/aromatic N) is 2. The minimum absolute atomic E-state index is 0.0451. The van der Waals surface area contributed by atoms with Crippen LogP contribution in [-0.2, 0) is 16.1 Å². The van der Waals surface area contributed by atoms with Crippen molar-refractivity contribution in [3.63, 3.8) is 0 Å². The summed E-state index contributed by atoms with van der Waals surface area (Å²) in [6.45, 7) is 2.46. The predicted molar refractivity (Wildman–Crippen MR) is 156 cm³/mol. The van der Waals surface area contributed by atoms with E-state index in [1.165, 1.54) is 0 Å². The minimum atomic E-state index is -0.642. The number of carbonyl (C=O) groups is 3. The number of anilines is 1. The molecule has 1 aliphatic heterocycles. The van der Waals surface area contributed by atoms with Crippen LogP contribution in [0.5, 0.6) is 0 Å². The maximum absolute atomic E-state index is 13.7. The molecule has 0 aromatic heterocycles. The second-order valence-corrected chi connectivity index (χ2v) is 11.2. The van der Waals surface area contributed by atoms with Crippen LogP contribution in [0.4, 0.5) is 5.69 Å². The van der Waals surface area contributed by atoms with Crippen molar-refractivity contribution in [2.24, 2.45) is 0 Å². The summed E-state index contributed by atoms with van der Waals surface area (Å²) in [5.41, 5.74) is 2.19. The van der Waals surface area contributed by atoms with Gasteiger partial charge in [0.2, 0.25) is 11.8 Å². The van der Waals surface area contributed by atoms with Gasteiger partial charge in [-0.2, -0.15) is 0 Å². The zero-order chi connectivity index (χ0) is 27.5. The lowest BCUT2D eigenvalue weighted by atomic mass is 10.1. The van der Waals surface area contributed by atoms with Gasteiger partial charge in [0.05, 0.1) is 5.69 Å². The highest BCUT2D eigenvalue weighted by atomic mass is 35.5. The summed E-state index contributed by atoms with van der Waals surface area (Å²) in [5.74, 6) is -0.351. The molecule has 204 valence electrons. The lowest BCUT2D eigenvalue weighted by Gasteiger charge is -2.32. The number of benzene rings is 3. The molecule has 8 heteroatoms. The Morgan fingerprint density at radius 3 is 2.38 bits per heavy atom. The van der Waals surface area contributed by atoms with Crippen molar-refractivity contribution in [1.29, 1.82) is 0 Å². The molecule has 1 heterocycles. The van der Waals surface area contributed by atoms with Gasteiger partial charge >= 0.3 is 0 Å². The van der Waals surface area contributed by atoms with E-state index in [1.807, 2.05) is 43.3 Å².